The summed E-state index contributed by atoms with van der Waals surface area (Å²) in [7, 11) is 0. The van der Waals surface area contributed by atoms with Crippen LogP contribution in [0.1, 0.15) is 55.2 Å². The first-order valence-corrected chi connectivity index (χ1v) is 9.53. The van der Waals surface area contributed by atoms with E-state index in [1.165, 1.54) is 6.07 Å². The Hall–Kier alpha value is -3.01. The molecule has 1 aromatic heterocycles. The van der Waals surface area contributed by atoms with Gasteiger partial charge in [0.15, 0.2) is 11.3 Å². The van der Waals surface area contributed by atoms with Crippen LogP contribution in [0.15, 0.2) is 40.9 Å². The van der Waals surface area contributed by atoms with Crippen LogP contribution in [0, 0.1) is 11.3 Å². The summed E-state index contributed by atoms with van der Waals surface area (Å²) in [5.41, 5.74) is 0.849. The second kappa shape index (κ2) is 8.56. The molecule has 0 N–H and O–H groups in total. The van der Waals surface area contributed by atoms with Crippen LogP contribution in [0.4, 0.5) is 13.2 Å². The number of aryl methyl sites for hydroxylation is 2. The number of hydrogen-bond acceptors (Lipinski definition) is 4. The first-order valence-electron chi connectivity index (χ1n) is 9.53. The lowest BCUT2D eigenvalue weighted by Crippen LogP contribution is -2.10. The Balaban J connectivity index is 2.20. The van der Waals surface area contributed by atoms with Crippen molar-refractivity contribution in [2.45, 2.75) is 51.8 Å². The van der Waals surface area contributed by atoms with E-state index in [1.54, 1.807) is 24.3 Å². The first-order chi connectivity index (χ1) is 13.9. The molecule has 0 aliphatic rings. The number of nitriles is 1. The molecule has 0 saturated carbocycles. The first kappa shape index (κ1) is 20.7. The van der Waals surface area contributed by atoms with Crippen molar-refractivity contribution in [2.24, 2.45) is 0 Å². The number of hydrogen-bond donors (Lipinski definition) is 0. The monoisotopic (exact) mass is 402 g/mol. The molecule has 2 aromatic carbocycles. The zero-order valence-electron chi connectivity index (χ0n) is 16.2. The van der Waals surface area contributed by atoms with Gasteiger partial charge in [-0.25, -0.2) is 0 Å². The third kappa shape index (κ3) is 4.21. The van der Waals surface area contributed by atoms with Crippen LogP contribution in [-0.4, -0.2) is 5.16 Å². The maximum Gasteiger partial charge on any atom is 0.437 e. The van der Waals surface area contributed by atoms with Gasteiger partial charge in [-0.15, -0.1) is 0 Å². The van der Waals surface area contributed by atoms with Crippen LogP contribution in [0.25, 0.3) is 11.0 Å². The SMILES string of the molecule is CCCc1cc2c(C(F)(F)F)noc2c(CCC)c1OC(C#N)c1ccccc1. The average Bonchev–Trinajstić information content (AvgIpc) is 3.13. The predicted octanol–water partition coefficient (Wildman–Crippen LogP) is 6.40. The van der Waals surface area contributed by atoms with Gasteiger partial charge in [-0.1, -0.05) is 62.2 Å². The molecule has 0 radical (unpaired) electrons. The largest absolute Gasteiger partial charge is 0.470 e. The standard InChI is InChI=1S/C22H21F3N2O2/c1-3-8-15-12-17-20(29-27-21(17)22(23,24)25)16(9-4-2)19(15)28-18(13-26)14-10-6-5-7-11-14/h5-7,10-12,18H,3-4,8-9H2,1-2H3. The van der Waals surface area contributed by atoms with E-state index in [1.807, 2.05) is 19.9 Å². The molecule has 1 heterocycles. The Bertz CT molecular complexity index is 1020. The highest BCUT2D eigenvalue weighted by Crippen LogP contribution is 2.41. The van der Waals surface area contributed by atoms with Crippen LogP contribution in [0.3, 0.4) is 0 Å². The molecule has 0 fully saturated rings. The van der Waals surface area contributed by atoms with Crippen molar-refractivity contribution in [1.82, 2.24) is 5.16 Å². The minimum Gasteiger partial charge on any atom is -0.470 e. The van der Waals surface area contributed by atoms with Crippen molar-refractivity contribution >= 4 is 11.0 Å². The summed E-state index contributed by atoms with van der Waals surface area (Å²) in [4.78, 5) is 0. The zero-order chi connectivity index (χ0) is 21.0. The van der Waals surface area contributed by atoms with E-state index in [0.29, 0.717) is 48.1 Å². The van der Waals surface area contributed by atoms with Gasteiger partial charge in [0.1, 0.15) is 11.8 Å². The quantitative estimate of drug-likeness (QED) is 0.459. The fourth-order valence-electron chi connectivity index (χ4n) is 3.38. The second-order valence-corrected chi connectivity index (χ2v) is 6.79. The lowest BCUT2D eigenvalue weighted by atomic mass is 9.97. The maximum absolute atomic E-state index is 13.4. The van der Waals surface area contributed by atoms with Crippen molar-refractivity contribution < 1.29 is 22.4 Å². The van der Waals surface area contributed by atoms with Gasteiger partial charge < -0.3 is 9.26 Å². The summed E-state index contributed by atoms with van der Waals surface area (Å²) >= 11 is 0. The second-order valence-electron chi connectivity index (χ2n) is 6.79. The lowest BCUT2D eigenvalue weighted by Gasteiger charge is -2.19. The number of rotatable bonds is 7. The molecule has 4 nitrogen and oxygen atoms in total. The summed E-state index contributed by atoms with van der Waals surface area (Å²) in [5.74, 6) is 0.418. The molecule has 0 amide bonds. The highest BCUT2D eigenvalue weighted by atomic mass is 19.4. The van der Waals surface area contributed by atoms with E-state index in [2.05, 4.69) is 11.2 Å². The van der Waals surface area contributed by atoms with Crippen molar-refractivity contribution in [3.63, 3.8) is 0 Å². The smallest absolute Gasteiger partial charge is 0.437 e. The summed E-state index contributed by atoms with van der Waals surface area (Å²) < 4.78 is 51.3. The molecule has 7 heteroatoms. The molecule has 0 aliphatic carbocycles. The Morgan fingerprint density at radius 1 is 1.14 bits per heavy atom. The molecule has 29 heavy (non-hydrogen) atoms. The van der Waals surface area contributed by atoms with E-state index < -0.39 is 18.0 Å². The molecule has 3 aromatic rings. The Labute approximate surface area is 166 Å². The van der Waals surface area contributed by atoms with Crippen LogP contribution in [0.2, 0.25) is 0 Å². The molecule has 3 rings (SSSR count). The minimum absolute atomic E-state index is 0.0648. The van der Waals surface area contributed by atoms with E-state index in [4.69, 9.17) is 9.26 Å². The number of aromatic nitrogens is 1. The molecule has 1 atom stereocenters. The fraction of sp³-hybridized carbons (Fsp3) is 0.364. The van der Waals surface area contributed by atoms with Gasteiger partial charge in [0, 0.05) is 11.1 Å². The van der Waals surface area contributed by atoms with Gasteiger partial charge in [-0.2, -0.15) is 18.4 Å². The van der Waals surface area contributed by atoms with Gasteiger partial charge in [-0.05, 0) is 24.5 Å². The van der Waals surface area contributed by atoms with Gasteiger partial charge >= 0.3 is 6.18 Å². The molecule has 0 aliphatic heterocycles. The highest BCUT2D eigenvalue weighted by Gasteiger charge is 2.38. The Kier molecular flexibility index (Phi) is 6.12. The number of ether oxygens (including phenoxy) is 1. The van der Waals surface area contributed by atoms with Gasteiger partial charge in [0.2, 0.25) is 6.10 Å². The third-order valence-electron chi connectivity index (χ3n) is 4.63. The van der Waals surface area contributed by atoms with Crippen molar-refractivity contribution in [3.05, 3.63) is 58.8 Å². The number of benzene rings is 2. The van der Waals surface area contributed by atoms with E-state index in [9.17, 15) is 18.4 Å². The molecule has 1 unspecified atom stereocenters. The normalized spacial score (nSPS) is 12.7. The fourth-order valence-corrected chi connectivity index (χ4v) is 3.38. The number of nitrogens with zero attached hydrogens (tertiary/aromatic N) is 2. The van der Waals surface area contributed by atoms with Gasteiger partial charge in [0.25, 0.3) is 0 Å². The topological polar surface area (TPSA) is 59.1 Å². The molecule has 0 spiro atoms. The van der Waals surface area contributed by atoms with E-state index in [0.717, 1.165) is 0 Å². The molecular weight excluding hydrogens is 381 g/mol. The summed E-state index contributed by atoms with van der Waals surface area (Å²) in [6.07, 6.45) is -3.15. The minimum atomic E-state index is -4.61. The predicted molar refractivity (Wildman–Crippen MR) is 102 cm³/mol. The van der Waals surface area contributed by atoms with Crippen molar-refractivity contribution in [1.29, 1.82) is 5.26 Å². The van der Waals surface area contributed by atoms with E-state index >= 15 is 0 Å². The Morgan fingerprint density at radius 2 is 1.83 bits per heavy atom. The summed E-state index contributed by atoms with van der Waals surface area (Å²) in [6.45, 7) is 3.85. The van der Waals surface area contributed by atoms with Gasteiger partial charge in [-0.3, -0.25) is 0 Å². The number of halogens is 3. The van der Waals surface area contributed by atoms with Crippen LogP contribution in [0.5, 0.6) is 5.75 Å². The maximum atomic E-state index is 13.4. The van der Waals surface area contributed by atoms with E-state index in [-0.39, 0.29) is 11.0 Å². The third-order valence-corrected chi connectivity index (χ3v) is 4.63. The van der Waals surface area contributed by atoms with Gasteiger partial charge in [0.05, 0.1) is 5.39 Å². The average molecular weight is 402 g/mol. The molecule has 0 saturated heterocycles. The van der Waals surface area contributed by atoms with Crippen molar-refractivity contribution in [3.8, 4) is 11.8 Å². The highest BCUT2D eigenvalue weighted by molar-refractivity contribution is 5.86. The summed E-state index contributed by atoms with van der Waals surface area (Å²) in [6, 6.07) is 12.6. The molecule has 152 valence electrons. The molecule has 0 bridgehead atoms. The van der Waals surface area contributed by atoms with Crippen LogP contribution >= 0.6 is 0 Å². The summed E-state index contributed by atoms with van der Waals surface area (Å²) in [5, 5.41) is 12.9. The zero-order valence-corrected chi connectivity index (χ0v) is 16.2. The van der Waals surface area contributed by atoms with Crippen LogP contribution < -0.4 is 4.74 Å². The van der Waals surface area contributed by atoms with Crippen LogP contribution in [-0.2, 0) is 19.0 Å². The Morgan fingerprint density at radius 3 is 2.41 bits per heavy atom. The molecular formula is C22H21F3N2O2. The lowest BCUT2D eigenvalue weighted by molar-refractivity contribution is -0.141. The van der Waals surface area contributed by atoms with Crippen molar-refractivity contribution in [2.75, 3.05) is 0 Å². The number of alkyl halides is 3. The number of fused-ring (bicyclic) bond motifs is 1.